The van der Waals surface area contributed by atoms with Crippen molar-refractivity contribution in [2.45, 2.75) is 18.8 Å². The van der Waals surface area contributed by atoms with Gasteiger partial charge in [-0.15, -0.1) is 0 Å². The van der Waals surface area contributed by atoms with E-state index in [1.165, 1.54) is 5.56 Å². The van der Waals surface area contributed by atoms with Crippen molar-refractivity contribution >= 4 is 17.4 Å². The lowest BCUT2D eigenvalue weighted by atomic mass is 9.87. The molecular weight excluding hydrogens is 196 g/mol. The lowest BCUT2D eigenvalue weighted by Gasteiger charge is -2.19. The predicted octanol–water partition coefficient (Wildman–Crippen LogP) is 3.26. The highest BCUT2D eigenvalue weighted by atomic mass is 35.5. The number of rotatable bonds is 1. The van der Waals surface area contributed by atoms with Gasteiger partial charge in [0.15, 0.2) is 5.78 Å². The van der Waals surface area contributed by atoms with Crippen LogP contribution in [-0.4, -0.2) is 5.78 Å². The molecule has 1 atom stereocenters. The van der Waals surface area contributed by atoms with Crippen molar-refractivity contribution in [2.24, 2.45) is 0 Å². The Kier molecular flexibility index (Phi) is 2.69. The van der Waals surface area contributed by atoms with Crippen LogP contribution in [0.4, 0.5) is 0 Å². The van der Waals surface area contributed by atoms with E-state index in [-0.39, 0.29) is 11.7 Å². The number of carbonyl (C=O) groups excluding carboxylic acids is 1. The number of ketones is 1. The number of carbonyl (C=O) groups is 1. The molecular formula is C12H11ClO. The normalized spacial score (nSPS) is 21.9. The van der Waals surface area contributed by atoms with E-state index < -0.39 is 0 Å². The number of allylic oxidation sites excluding steroid dienone is 2. The fourth-order valence-corrected chi connectivity index (χ4v) is 2.11. The molecule has 0 heterocycles. The van der Waals surface area contributed by atoms with E-state index in [2.05, 4.69) is 0 Å². The number of benzene rings is 1. The largest absolute Gasteiger partial charge is 0.295 e. The summed E-state index contributed by atoms with van der Waals surface area (Å²) in [6.45, 7) is 0. The highest BCUT2D eigenvalue weighted by Gasteiger charge is 2.20. The summed E-state index contributed by atoms with van der Waals surface area (Å²) < 4.78 is 0. The molecule has 1 aliphatic carbocycles. The molecule has 0 bridgehead atoms. The first-order chi connectivity index (χ1) is 6.75. The van der Waals surface area contributed by atoms with Crippen LogP contribution in [-0.2, 0) is 4.79 Å². The van der Waals surface area contributed by atoms with Crippen molar-refractivity contribution in [3.63, 3.8) is 0 Å². The topological polar surface area (TPSA) is 17.1 Å². The molecule has 0 aliphatic heterocycles. The third-order valence-electron chi connectivity index (χ3n) is 2.48. The number of hydrogen-bond acceptors (Lipinski definition) is 1. The van der Waals surface area contributed by atoms with Crippen molar-refractivity contribution in [2.75, 3.05) is 0 Å². The highest BCUT2D eigenvalue weighted by Crippen LogP contribution is 2.32. The smallest absolute Gasteiger partial charge is 0.157 e. The zero-order valence-electron chi connectivity index (χ0n) is 7.74. The molecule has 0 amide bonds. The van der Waals surface area contributed by atoms with Crippen LogP contribution in [0.25, 0.3) is 0 Å². The molecule has 2 heteroatoms. The zero-order chi connectivity index (χ0) is 9.97. The van der Waals surface area contributed by atoms with Crippen LogP contribution < -0.4 is 0 Å². The average molecular weight is 207 g/mol. The van der Waals surface area contributed by atoms with Crippen LogP contribution in [0.1, 0.15) is 24.3 Å². The second-order valence-corrected chi connectivity index (χ2v) is 4.06. The third-order valence-corrected chi connectivity index (χ3v) is 2.74. The van der Waals surface area contributed by atoms with Crippen molar-refractivity contribution in [3.8, 4) is 0 Å². The minimum atomic E-state index is 0.134. The van der Waals surface area contributed by atoms with Crippen LogP contribution >= 0.6 is 11.6 Å². The second-order valence-electron chi connectivity index (χ2n) is 3.57. The molecule has 0 spiro atoms. The SMILES string of the molecule is O=C1C=C(Cl)C[C@H](c2ccccc2)C1. The van der Waals surface area contributed by atoms with E-state index in [4.69, 9.17) is 11.6 Å². The van der Waals surface area contributed by atoms with Crippen LogP contribution in [0.2, 0.25) is 0 Å². The van der Waals surface area contributed by atoms with Crippen LogP contribution in [0.3, 0.4) is 0 Å². The Morgan fingerprint density at radius 3 is 2.50 bits per heavy atom. The van der Waals surface area contributed by atoms with Crippen molar-refractivity contribution < 1.29 is 4.79 Å². The Morgan fingerprint density at radius 2 is 1.86 bits per heavy atom. The summed E-state index contributed by atoms with van der Waals surface area (Å²) in [6, 6.07) is 10.1. The van der Waals surface area contributed by atoms with Crippen molar-refractivity contribution in [1.82, 2.24) is 0 Å². The van der Waals surface area contributed by atoms with Crippen molar-refractivity contribution in [1.29, 1.82) is 0 Å². The maximum Gasteiger partial charge on any atom is 0.157 e. The van der Waals surface area contributed by atoms with Gasteiger partial charge in [-0.05, 0) is 24.0 Å². The van der Waals surface area contributed by atoms with Gasteiger partial charge in [0, 0.05) is 11.5 Å². The Labute approximate surface area is 88.4 Å². The average Bonchev–Trinajstić information content (AvgIpc) is 2.18. The van der Waals surface area contributed by atoms with Gasteiger partial charge in [-0.25, -0.2) is 0 Å². The van der Waals surface area contributed by atoms with Gasteiger partial charge in [0.1, 0.15) is 0 Å². The molecule has 0 N–H and O–H groups in total. The van der Waals surface area contributed by atoms with E-state index in [9.17, 15) is 4.79 Å². The Bertz CT molecular complexity index is 367. The van der Waals surface area contributed by atoms with E-state index in [0.717, 1.165) is 6.42 Å². The minimum Gasteiger partial charge on any atom is -0.295 e. The summed E-state index contributed by atoms with van der Waals surface area (Å²) in [7, 11) is 0. The summed E-state index contributed by atoms with van der Waals surface area (Å²) in [5.41, 5.74) is 1.20. The van der Waals surface area contributed by atoms with Gasteiger partial charge in [0.25, 0.3) is 0 Å². The molecule has 2 rings (SSSR count). The summed E-state index contributed by atoms with van der Waals surface area (Å²) in [5.74, 6) is 0.399. The number of halogens is 1. The summed E-state index contributed by atoms with van der Waals surface area (Å²) in [6.07, 6.45) is 2.92. The summed E-state index contributed by atoms with van der Waals surface area (Å²) in [5, 5.41) is 0.676. The zero-order valence-corrected chi connectivity index (χ0v) is 8.50. The Balaban J connectivity index is 2.22. The van der Waals surface area contributed by atoms with Crippen LogP contribution in [0.15, 0.2) is 41.4 Å². The molecule has 1 aliphatic rings. The Hall–Kier alpha value is -1.08. The first kappa shape index (κ1) is 9.47. The summed E-state index contributed by atoms with van der Waals surface area (Å²) >= 11 is 5.90. The van der Waals surface area contributed by atoms with Gasteiger partial charge in [-0.2, -0.15) is 0 Å². The van der Waals surface area contributed by atoms with Gasteiger partial charge >= 0.3 is 0 Å². The van der Waals surface area contributed by atoms with Gasteiger partial charge in [0.2, 0.25) is 0 Å². The lowest BCUT2D eigenvalue weighted by Crippen LogP contribution is -2.10. The highest BCUT2D eigenvalue weighted by molar-refractivity contribution is 6.31. The first-order valence-corrected chi connectivity index (χ1v) is 5.07. The second kappa shape index (κ2) is 3.97. The molecule has 14 heavy (non-hydrogen) atoms. The molecule has 0 unspecified atom stereocenters. The number of hydrogen-bond donors (Lipinski definition) is 0. The van der Waals surface area contributed by atoms with Crippen molar-refractivity contribution in [3.05, 3.63) is 47.0 Å². The maximum absolute atomic E-state index is 11.3. The molecule has 1 aromatic rings. The van der Waals surface area contributed by atoms with Crippen LogP contribution in [0, 0.1) is 0 Å². The quantitative estimate of drug-likeness (QED) is 0.690. The molecule has 0 aromatic heterocycles. The molecule has 0 saturated carbocycles. The van der Waals surface area contributed by atoms with Gasteiger partial charge in [-0.1, -0.05) is 41.9 Å². The lowest BCUT2D eigenvalue weighted by molar-refractivity contribution is -0.115. The molecule has 72 valence electrons. The Morgan fingerprint density at radius 1 is 1.14 bits per heavy atom. The monoisotopic (exact) mass is 206 g/mol. The van der Waals surface area contributed by atoms with E-state index in [0.29, 0.717) is 11.5 Å². The standard InChI is InChI=1S/C12H11ClO/c13-11-6-10(7-12(14)8-11)9-4-2-1-3-5-9/h1-5,8,10H,6-7H2/t10-/m0/s1. The van der Waals surface area contributed by atoms with E-state index >= 15 is 0 Å². The first-order valence-electron chi connectivity index (χ1n) is 4.69. The fourth-order valence-electron chi connectivity index (χ4n) is 1.80. The molecule has 0 saturated heterocycles. The minimum absolute atomic E-state index is 0.134. The van der Waals surface area contributed by atoms with E-state index in [1.807, 2.05) is 30.3 Å². The fraction of sp³-hybridized carbons (Fsp3) is 0.250. The van der Waals surface area contributed by atoms with E-state index in [1.54, 1.807) is 6.08 Å². The van der Waals surface area contributed by atoms with Gasteiger partial charge < -0.3 is 0 Å². The van der Waals surface area contributed by atoms with Gasteiger partial charge in [0.05, 0.1) is 0 Å². The predicted molar refractivity (Wildman–Crippen MR) is 57.4 cm³/mol. The maximum atomic E-state index is 11.3. The summed E-state index contributed by atoms with van der Waals surface area (Å²) in [4.78, 5) is 11.3. The molecule has 0 fully saturated rings. The molecule has 1 nitrogen and oxygen atoms in total. The molecule has 0 radical (unpaired) electrons. The molecule has 1 aromatic carbocycles. The third kappa shape index (κ3) is 2.05. The van der Waals surface area contributed by atoms with Gasteiger partial charge in [-0.3, -0.25) is 4.79 Å². The van der Waals surface area contributed by atoms with Crippen LogP contribution in [0.5, 0.6) is 0 Å².